The van der Waals surface area contributed by atoms with Crippen LogP contribution in [0.3, 0.4) is 0 Å². The predicted octanol–water partition coefficient (Wildman–Crippen LogP) is 7.30. The molecule has 0 nitrogen and oxygen atoms in total. The second-order valence-corrected chi connectivity index (χ2v) is 7.74. The van der Waals surface area contributed by atoms with Crippen LogP contribution in [0.5, 0.6) is 0 Å². The van der Waals surface area contributed by atoms with Crippen molar-refractivity contribution >= 4 is 22.7 Å². The summed E-state index contributed by atoms with van der Waals surface area (Å²) in [5, 5.41) is 0. The lowest BCUT2D eigenvalue weighted by atomic mass is 9.84. The molecule has 0 atom stereocenters. The van der Waals surface area contributed by atoms with Crippen LogP contribution in [0.25, 0.3) is 16.7 Å². The van der Waals surface area contributed by atoms with E-state index in [0.717, 1.165) is 10.4 Å². The molecule has 4 aromatic rings. The second-order valence-electron chi connectivity index (χ2n) is 7.30. The summed E-state index contributed by atoms with van der Waals surface area (Å²) in [6.07, 6.45) is 2.20. The number of benzene rings is 4. The fourth-order valence-corrected chi connectivity index (χ4v) is 4.54. The van der Waals surface area contributed by atoms with E-state index in [1.54, 1.807) is 0 Å². The highest BCUT2D eigenvalue weighted by Crippen LogP contribution is 2.50. The van der Waals surface area contributed by atoms with Crippen LogP contribution in [0.4, 0.5) is 0 Å². The van der Waals surface area contributed by atoms with Crippen LogP contribution >= 0.6 is 12.2 Å². The maximum atomic E-state index is 5.85. The molecule has 0 bridgehead atoms. The monoisotopic (exact) mass is 388 g/mol. The molecule has 0 saturated carbocycles. The highest BCUT2D eigenvalue weighted by Gasteiger charge is 2.31. The van der Waals surface area contributed by atoms with E-state index in [1.807, 2.05) is 18.2 Å². The standard InChI is InChI=1S/C28H20S/c29-27(21-13-5-2-6-14-21)19-26(20-11-3-1-4-12-20)28-24-17-9-7-15-22(24)23-16-8-10-18-25(23)28/h1-19,28H/b26-19+. The highest BCUT2D eigenvalue weighted by atomic mass is 32.1. The van der Waals surface area contributed by atoms with Crippen LogP contribution < -0.4 is 0 Å². The van der Waals surface area contributed by atoms with E-state index < -0.39 is 0 Å². The van der Waals surface area contributed by atoms with Crippen molar-refractivity contribution in [2.24, 2.45) is 0 Å². The van der Waals surface area contributed by atoms with Gasteiger partial charge in [-0.1, -0.05) is 121 Å². The summed E-state index contributed by atoms with van der Waals surface area (Å²) < 4.78 is 0. The van der Waals surface area contributed by atoms with Crippen LogP contribution in [-0.4, -0.2) is 4.86 Å². The SMILES string of the molecule is S=C(/C=C(\c1ccccc1)C1c2ccccc2-c2ccccc21)c1ccccc1. The average molecular weight is 389 g/mol. The fraction of sp³-hybridized carbons (Fsp3) is 0.0357. The lowest BCUT2D eigenvalue weighted by Crippen LogP contribution is -2.04. The predicted molar refractivity (Wildman–Crippen MR) is 126 cm³/mol. The quantitative estimate of drug-likeness (QED) is 0.201. The summed E-state index contributed by atoms with van der Waals surface area (Å²) in [6, 6.07) is 38.4. The largest absolute Gasteiger partial charge is 0.0794 e. The van der Waals surface area contributed by atoms with Crippen molar-refractivity contribution < 1.29 is 0 Å². The Morgan fingerprint density at radius 1 is 0.552 bits per heavy atom. The van der Waals surface area contributed by atoms with E-state index in [2.05, 4.69) is 97.1 Å². The normalized spacial score (nSPS) is 13.0. The molecule has 1 aliphatic carbocycles. The van der Waals surface area contributed by atoms with Gasteiger partial charge < -0.3 is 0 Å². The lowest BCUT2D eigenvalue weighted by molar-refractivity contribution is 1.09. The van der Waals surface area contributed by atoms with Gasteiger partial charge in [-0.15, -0.1) is 0 Å². The van der Waals surface area contributed by atoms with E-state index in [0.29, 0.717) is 0 Å². The first-order valence-electron chi connectivity index (χ1n) is 9.87. The molecule has 0 saturated heterocycles. The van der Waals surface area contributed by atoms with Crippen molar-refractivity contribution in [2.45, 2.75) is 5.92 Å². The van der Waals surface area contributed by atoms with Gasteiger partial charge in [0.15, 0.2) is 0 Å². The molecule has 0 spiro atoms. The first-order chi connectivity index (χ1) is 14.3. The summed E-state index contributed by atoms with van der Waals surface area (Å²) >= 11 is 5.85. The Morgan fingerprint density at radius 2 is 1.00 bits per heavy atom. The van der Waals surface area contributed by atoms with Gasteiger partial charge in [-0.05, 0) is 45.0 Å². The van der Waals surface area contributed by atoms with Crippen molar-refractivity contribution in [2.75, 3.05) is 0 Å². The van der Waals surface area contributed by atoms with Gasteiger partial charge in [0.25, 0.3) is 0 Å². The molecule has 29 heavy (non-hydrogen) atoms. The molecule has 4 aromatic carbocycles. The van der Waals surface area contributed by atoms with Gasteiger partial charge >= 0.3 is 0 Å². The highest BCUT2D eigenvalue weighted by molar-refractivity contribution is 7.81. The first-order valence-corrected chi connectivity index (χ1v) is 10.3. The average Bonchev–Trinajstić information content (AvgIpc) is 3.13. The van der Waals surface area contributed by atoms with Crippen molar-refractivity contribution in [1.29, 1.82) is 0 Å². The van der Waals surface area contributed by atoms with Crippen molar-refractivity contribution in [1.82, 2.24) is 0 Å². The van der Waals surface area contributed by atoms with E-state index in [9.17, 15) is 0 Å². The molecule has 0 aromatic heterocycles. The van der Waals surface area contributed by atoms with Crippen LogP contribution in [0.2, 0.25) is 0 Å². The smallest absolute Gasteiger partial charge is 0.0452 e. The molecule has 0 fully saturated rings. The second kappa shape index (κ2) is 7.62. The summed E-state index contributed by atoms with van der Waals surface area (Å²) in [4.78, 5) is 0.867. The van der Waals surface area contributed by atoms with Crippen molar-refractivity contribution in [3.63, 3.8) is 0 Å². The number of hydrogen-bond donors (Lipinski definition) is 0. The minimum absolute atomic E-state index is 0.173. The Balaban J connectivity index is 1.72. The van der Waals surface area contributed by atoms with Gasteiger partial charge in [0.05, 0.1) is 0 Å². The maximum Gasteiger partial charge on any atom is 0.0452 e. The maximum absolute atomic E-state index is 5.85. The number of hydrogen-bond acceptors (Lipinski definition) is 1. The summed E-state index contributed by atoms with van der Waals surface area (Å²) in [6.45, 7) is 0. The third-order valence-corrected chi connectivity index (χ3v) is 5.95. The van der Waals surface area contributed by atoms with E-state index >= 15 is 0 Å². The first kappa shape index (κ1) is 17.8. The van der Waals surface area contributed by atoms with Crippen molar-refractivity contribution in [3.05, 3.63) is 138 Å². The topological polar surface area (TPSA) is 0 Å². The minimum Gasteiger partial charge on any atom is -0.0794 e. The van der Waals surface area contributed by atoms with Crippen LogP contribution in [0.1, 0.15) is 28.2 Å². The number of fused-ring (bicyclic) bond motifs is 3. The zero-order valence-electron chi connectivity index (χ0n) is 16.0. The zero-order valence-corrected chi connectivity index (χ0v) is 16.8. The third-order valence-electron chi connectivity index (χ3n) is 5.60. The summed E-state index contributed by atoms with van der Waals surface area (Å²) in [7, 11) is 0. The Hall–Kier alpha value is -3.29. The molecule has 138 valence electrons. The molecule has 0 amide bonds. The number of allylic oxidation sites excluding steroid dienone is 2. The van der Waals surface area contributed by atoms with E-state index in [1.165, 1.54) is 33.4 Å². The zero-order chi connectivity index (χ0) is 19.6. The number of rotatable bonds is 4. The molecular weight excluding hydrogens is 368 g/mol. The van der Waals surface area contributed by atoms with Crippen LogP contribution in [0, 0.1) is 0 Å². The van der Waals surface area contributed by atoms with Gasteiger partial charge in [-0.25, -0.2) is 0 Å². The number of thiocarbonyl (C=S) groups is 1. The third kappa shape index (κ3) is 3.24. The van der Waals surface area contributed by atoms with E-state index in [4.69, 9.17) is 12.2 Å². The van der Waals surface area contributed by atoms with Crippen LogP contribution in [-0.2, 0) is 0 Å². The molecule has 0 radical (unpaired) electrons. The Morgan fingerprint density at radius 3 is 1.55 bits per heavy atom. The van der Waals surface area contributed by atoms with Gasteiger partial charge in [0.2, 0.25) is 0 Å². The van der Waals surface area contributed by atoms with Gasteiger partial charge in [-0.2, -0.15) is 0 Å². The molecule has 1 aliphatic rings. The lowest BCUT2D eigenvalue weighted by Gasteiger charge is -2.19. The van der Waals surface area contributed by atoms with Gasteiger partial charge in [0.1, 0.15) is 0 Å². The Bertz CT molecular complexity index is 1160. The fourth-order valence-electron chi connectivity index (χ4n) is 4.28. The molecule has 0 aliphatic heterocycles. The molecule has 0 heterocycles. The van der Waals surface area contributed by atoms with Gasteiger partial charge in [-0.3, -0.25) is 0 Å². The molecule has 0 unspecified atom stereocenters. The molecule has 1 heteroatoms. The Labute approximate surface area is 177 Å². The molecule has 0 N–H and O–H groups in total. The summed E-state index contributed by atoms with van der Waals surface area (Å²) in [5.41, 5.74) is 8.87. The van der Waals surface area contributed by atoms with Crippen LogP contribution in [0.15, 0.2) is 115 Å². The van der Waals surface area contributed by atoms with E-state index in [-0.39, 0.29) is 5.92 Å². The molecular formula is C28H20S. The van der Waals surface area contributed by atoms with Crippen molar-refractivity contribution in [3.8, 4) is 11.1 Å². The van der Waals surface area contributed by atoms with Gasteiger partial charge in [0, 0.05) is 10.8 Å². The minimum atomic E-state index is 0.173. The molecule has 5 rings (SSSR count). The Kier molecular flexibility index (Phi) is 4.67. The summed E-state index contributed by atoms with van der Waals surface area (Å²) in [5.74, 6) is 0.173.